The van der Waals surface area contributed by atoms with Crippen LogP contribution in [0.4, 0.5) is 5.82 Å². The quantitative estimate of drug-likeness (QED) is 0.697. The van der Waals surface area contributed by atoms with Crippen LogP contribution < -0.4 is 11.1 Å². The summed E-state index contributed by atoms with van der Waals surface area (Å²) >= 11 is 0. The number of methoxy groups -OCH3 is 1. The van der Waals surface area contributed by atoms with Crippen molar-refractivity contribution in [2.24, 2.45) is 5.73 Å². The molecule has 1 fully saturated rings. The van der Waals surface area contributed by atoms with E-state index < -0.39 is 5.91 Å². The Bertz CT molecular complexity index is 556. The highest BCUT2D eigenvalue weighted by Gasteiger charge is 2.26. The largest absolute Gasteiger partial charge is 0.383 e. The molecule has 1 unspecified atom stereocenters. The van der Waals surface area contributed by atoms with Gasteiger partial charge >= 0.3 is 0 Å². The third-order valence-electron chi connectivity index (χ3n) is 3.62. The van der Waals surface area contributed by atoms with Crippen LogP contribution >= 0.6 is 0 Å². The average molecular weight is 353 g/mol. The fraction of sp³-hybridized carbons (Fsp3) is 0.588. The predicted octanol–water partition coefficient (Wildman–Crippen LogP) is 1.69. The molecular formula is C17H31N5O3. The highest BCUT2D eigenvalue weighted by molar-refractivity contribution is 5.98. The molecular weight excluding hydrogens is 322 g/mol. The molecule has 2 rings (SSSR count). The van der Waals surface area contributed by atoms with Crippen molar-refractivity contribution in [3.05, 3.63) is 23.9 Å². The molecule has 142 valence electrons. The number of carbonyl (C=O) groups is 2. The lowest BCUT2D eigenvalue weighted by Crippen LogP contribution is -2.36. The van der Waals surface area contributed by atoms with Gasteiger partial charge in [-0.15, -0.1) is 0 Å². The van der Waals surface area contributed by atoms with Crippen LogP contribution in [0, 0.1) is 6.92 Å². The zero-order valence-corrected chi connectivity index (χ0v) is 15.9. The molecule has 4 N–H and O–H groups in total. The smallest absolute Gasteiger partial charge is 0.254 e. The normalized spacial score (nSPS) is 15.4. The number of aromatic nitrogens is 2. The van der Waals surface area contributed by atoms with E-state index in [1.807, 2.05) is 18.7 Å². The maximum Gasteiger partial charge on any atom is 0.254 e. The van der Waals surface area contributed by atoms with Crippen LogP contribution in [0.25, 0.3) is 0 Å². The summed E-state index contributed by atoms with van der Waals surface area (Å²) in [7, 11) is 3.34. The molecule has 25 heavy (non-hydrogen) atoms. The number of carbonyl (C=O) groups excluding carboxylic acids is 2. The summed E-state index contributed by atoms with van der Waals surface area (Å²) in [4.78, 5) is 23.9. The predicted molar refractivity (Wildman–Crippen MR) is 99.5 cm³/mol. The minimum Gasteiger partial charge on any atom is -0.383 e. The van der Waals surface area contributed by atoms with Crippen LogP contribution in [-0.2, 0) is 9.53 Å². The minimum absolute atomic E-state index is 0.0227. The second-order valence-electron chi connectivity index (χ2n) is 5.17. The first-order valence-corrected chi connectivity index (χ1v) is 8.40. The van der Waals surface area contributed by atoms with Gasteiger partial charge in [0, 0.05) is 26.4 Å². The van der Waals surface area contributed by atoms with E-state index in [2.05, 4.69) is 22.1 Å². The van der Waals surface area contributed by atoms with Crippen LogP contribution in [0.2, 0.25) is 0 Å². The number of ether oxygens (including phenoxy) is 1. The summed E-state index contributed by atoms with van der Waals surface area (Å²) in [6.45, 7) is 10.7. The Morgan fingerprint density at radius 1 is 1.52 bits per heavy atom. The lowest BCUT2D eigenvalue weighted by atomic mass is 10.2. The number of nitrogens with zero attached hydrogens (tertiary/aromatic N) is 2. The van der Waals surface area contributed by atoms with Gasteiger partial charge in [0.25, 0.3) is 5.91 Å². The van der Waals surface area contributed by atoms with E-state index in [1.165, 1.54) is 6.08 Å². The number of anilines is 1. The Labute approximate surface area is 149 Å². The first-order chi connectivity index (χ1) is 12.0. The van der Waals surface area contributed by atoms with Crippen LogP contribution in [-0.4, -0.2) is 60.3 Å². The summed E-state index contributed by atoms with van der Waals surface area (Å²) in [5.41, 5.74) is 6.20. The number of aryl methyl sites for hydroxylation is 1. The van der Waals surface area contributed by atoms with Crippen molar-refractivity contribution in [3.8, 4) is 0 Å². The third-order valence-corrected chi connectivity index (χ3v) is 3.62. The van der Waals surface area contributed by atoms with Gasteiger partial charge in [-0.1, -0.05) is 20.4 Å². The SMILES string of the molecule is C=CC(=O)N1CCCC1COC.CC.CNc1n[nH]c(C)c1C(N)=O. The molecule has 2 heterocycles. The second kappa shape index (κ2) is 12.1. The van der Waals surface area contributed by atoms with Crippen molar-refractivity contribution in [2.45, 2.75) is 39.7 Å². The zero-order chi connectivity index (χ0) is 19.4. The maximum atomic E-state index is 11.3. The average Bonchev–Trinajstić information content (AvgIpc) is 3.23. The molecule has 1 aliphatic heterocycles. The van der Waals surface area contributed by atoms with Crippen LogP contribution in [0.3, 0.4) is 0 Å². The first-order valence-electron chi connectivity index (χ1n) is 8.40. The Morgan fingerprint density at radius 2 is 2.16 bits per heavy atom. The van der Waals surface area contributed by atoms with E-state index in [4.69, 9.17) is 10.5 Å². The molecule has 2 amide bonds. The van der Waals surface area contributed by atoms with Gasteiger partial charge in [-0.3, -0.25) is 14.7 Å². The van der Waals surface area contributed by atoms with E-state index in [1.54, 1.807) is 21.1 Å². The molecule has 8 heteroatoms. The summed E-state index contributed by atoms with van der Waals surface area (Å²) < 4.78 is 5.02. The van der Waals surface area contributed by atoms with E-state index in [0.29, 0.717) is 23.7 Å². The molecule has 1 aromatic heterocycles. The lowest BCUT2D eigenvalue weighted by Gasteiger charge is -2.22. The van der Waals surface area contributed by atoms with Gasteiger partial charge in [0.15, 0.2) is 5.82 Å². The second-order valence-corrected chi connectivity index (χ2v) is 5.17. The standard InChI is InChI=1S/C9H15NO2.C6H10N4O.C2H6/c1-3-9(11)10-6-4-5-8(10)7-12-2;1-3-4(5(7)11)6(8-2)10-9-3;1-2/h3,8H,1,4-7H2,2H3;1-2H3,(H2,7,11)(H2,8,9,10);1-2H3. The van der Waals surface area contributed by atoms with Gasteiger partial charge < -0.3 is 20.7 Å². The van der Waals surface area contributed by atoms with Crippen molar-refractivity contribution in [2.75, 3.05) is 32.6 Å². The monoisotopic (exact) mass is 353 g/mol. The molecule has 1 atom stereocenters. The highest BCUT2D eigenvalue weighted by Crippen LogP contribution is 2.17. The first kappa shape index (κ1) is 22.6. The summed E-state index contributed by atoms with van der Waals surface area (Å²) in [6.07, 6.45) is 3.50. The number of likely N-dealkylation sites (tertiary alicyclic amines) is 1. The van der Waals surface area contributed by atoms with Crippen LogP contribution in [0.5, 0.6) is 0 Å². The third kappa shape index (κ3) is 6.58. The zero-order valence-electron chi connectivity index (χ0n) is 15.9. The minimum atomic E-state index is -0.472. The van der Waals surface area contributed by atoms with Gasteiger partial charge in [-0.25, -0.2) is 0 Å². The molecule has 1 aromatic rings. The number of rotatable bonds is 5. The lowest BCUT2D eigenvalue weighted by molar-refractivity contribution is -0.127. The van der Waals surface area contributed by atoms with Gasteiger partial charge in [0.1, 0.15) is 5.56 Å². The fourth-order valence-electron chi connectivity index (χ4n) is 2.52. The van der Waals surface area contributed by atoms with Crippen molar-refractivity contribution in [1.82, 2.24) is 15.1 Å². The molecule has 1 aliphatic rings. The topological polar surface area (TPSA) is 113 Å². The maximum absolute atomic E-state index is 11.3. The molecule has 0 saturated carbocycles. The van der Waals surface area contributed by atoms with Crippen LogP contribution in [0.15, 0.2) is 12.7 Å². The van der Waals surface area contributed by atoms with Crippen molar-refractivity contribution in [3.63, 3.8) is 0 Å². The van der Waals surface area contributed by atoms with E-state index in [0.717, 1.165) is 19.4 Å². The number of hydrogen-bond donors (Lipinski definition) is 3. The Kier molecular flexibility index (Phi) is 10.9. The number of primary amides is 1. The van der Waals surface area contributed by atoms with E-state index >= 15 is 0 Å². The van der Waals surface area contributed by atoms with Gasteiger partial charge in [0.05, 0.1) is 12.6 Å². The summed E-state index contributed by atoms with van der Waals surface area (Å²) in [5.74, 6) is 0.0464. The molecule has 0 aromatic carbocycles. The number of hydrogen-bond acceptors (Lipinski definition) is 5. The molecule has 1 saturated heterocycles. The number of amides is 2. The molecule has 8 nitrogen and oxygen atoms in total. The molecule has 0 spiro atoms. The van der Waals surface area contributed by atoms with Crippen molar-refractivity contribution in [1.29, 1.82) is 0 Å². The highest BCUT2D eigenvalue weighted by atomic mass is 16.5. The van der Waals surface area contributed by atoms with Gasteiger partial charge in [0.2, 0.25) is 5.91 Å². The molecule has 0 bridgehead atoms. The van der Waals surface area contributed by atoms with Gasteiger partial charge in [-0.2, -0.15) is 5.10 Å². The number of nitrogens with one attached hydrogen (secondary N) is 2. The van der Waals surface area contributed by atoms with Crippen LogP contribution in [0.1, 0.15) is 42.7 Å². The Balaban J connectivity index is 0.000000421. The van der Waals surface area contributed by atoms with E-state index in [-0.39, 0.29) is 11.9 Å². The Hall–Kier alpha value is -2.35. The fourth-order valence-corrected chi connectivity index (χ4v) is 2.52. The van der Waals surface area contributed by atoms with E-state index in [9.17, 15) is 9.59 Å². The number of H-pyrrole nitrogens is 1. The molecule has 0 aliphatic carbocycles. The molecule has 0 radical (unpaired) electrons. The van der Waals surface area contributed by atoms with Gasteiger partial charge in [-0.05, 0) is 25.8 Å². The number of nitrogens with two attached hydrogens (primary N) is 1. The van der Waals surface area contributed by atoms with Crippen molar-refractivity contribution >= 4 is 17.6 Å². The Morgan fingerprint density at radius 3 is 2.60 bits per heavy atom. The van der Waals surface area contributed by atoms with Crippen molar-refractivity contribution < 1.29 is 14.3 Å². The summed E-state index contributed by atoms with van der Waals surface area (Å²) in [5, 5.41) is 9.23. The summed E-state index contributed by atoms with van der Waals surface area (Å²) in [6, 6.07) is 0.264. The number of aromatic amines is 1.